The number of aliphatic hydroxyl groups is 1. The van der Waals surface area contributed by atoms with Crippen LogP contribution in [0, 0.1) is 0 Å². The number of nitrogens with zero attached hydrogens (tertiary/aromatic N) is 1. The zero-order valence-corrected chi connectivity index (χ0v) is 13.6. The van der Waals surface area contributed by atoms with Crippen molar-refractivity contribution >= 4 is 10.9 Å². The van der Waals surface area contributed by atoms with E-state index in [0.29, 0.717) is 12.8 Å². The topological polar surface area (TPSA) is 33.1 Å². The minimum Gasteiger partial charge on any atom is -0.389 e. The van der Waals surface area contributed by atoms with Gasteiger partial charge in [-0.05, 0) is 29.7 Å². The van der Waals surface area contributed by atoms with Crippen LogP contribution in [0.4, 0.5) is 0 Å². The van der Waals surface area contributed by atoms with Crippen molar-refractivity contribution in [1.29, 1.82) is 0 Å². The lowest BCUT2D eigenvalue weighted by molar-refractivity contribution is 0.0315. The van der Waals surface area contributed by atoms with Crippen LogP contribution in [0.25, 0.3) is 10.9 Å². The lowest BCUT2D eigenvalue weighted by Crippen LogP contribution is -2.34. The maximum Gasteiger partial charge on any atom is 0.0728 e. The molecular formula is C21H23NO. The number of fused-ring (bicyclic) bond motifs is 1. The van der Waals surface area contributed by atoms with Gasteiger partial charge in [-0.15, -0.1) is 0 Å². The van der Waals surface area contributed by atoms with Crippen LogP contribution in [0.2, 0.25) is 0 Å². The molecule has 0 amide bonds. The van der Waals surface area contributed by atoms with Crippen LogP contribution in [0.15, 0.2) is 66.9 Å². The highest BCUT2D eigenvalue weighted by Gasteiger charge is 2.27. The van der Waals surface area contributed by atoms with Crippen molar-refractivity contribution in [2.75, 3.05) is 0 Å². The molecule has 2 heteroatoms. The zero-order chi connectivity index (χ0) is 16.1. The number of benzene rings is 2. The molecule has 3 aromatic rings. The largest absolute Gasteiger partial charge is 0.389 e. The van der Waals surface area contributed by atoms with Crippen molar-refractivity contribution in [3.05, 3.63) is 78.0 Å². The van der Waals surface area contributed by atoms with E-state index in [1.54, 1.807) is 0 Å². The van der Waals surface area contributed by atoms with Crippen LogP contribution in [0.1, 0.15) is 30.9 Å². The molecule has 1 N–H and O–H groups in total. The molecule has 118 valence electrons. The number of hydrogen-bond donors (Lipinski definition) is 1. The highest BCUT2D eigenvalue weighted by molar-refractivity contribution is 5.81. The van der Waals surface area contributed by atoms with E-state index >= 15 is 0 Å². The molecule has 1 unspecified atom stereocenters. The molecule has 0 radical (unpaired) electrons. The van der Waals surface area contributed by atoms with E-state index in [1.165, 1.54) is 11.1 Å². The molecule has 1 atom stereocenters. The standard InChI is InChI=1S/C21H23NO/c1-2-13-21(23,15-17-8-4-3-5-9-17)16-18-12-14-22-20-11-7-6-10-19(18)20/h3-12,14,23H,2,13,15-16H2,1H3. The molecule has 0 fully saturated rings. The normalized spacial score (nSPS) is 13.8. The molecule has 1 heterocycles. The van der Waals surface area contributed by atoms with Crippen molar-refractivity contribution in [2.24, 2.45) is 0 Å². The molecule has 2 nitrogen and oxygen atoms in total. The van der Waals surface area contributed by atoms with Gasteiger partial charge in [-0.1, -0.05) is 61.9 Å². The Balaban J connectivity index is 1.92. The van der Waals surface area contributed by atoms with Crippen LogP contribution in [-0.4, -0.2) is 15.7 Å². The Morgan fingerprint density at radius 1 is 0.913 bits per heavy atom. The van der Waals surface area contributed by atoms with E-state index in [0.717, 1.165) is 23.7 Å². The van der Waals surface area contributed by atoms with E-state index in [4.69, 9.17) is 0 Å². The summed E-state index contributed by atoms with van der Waals surface area (Å²) in [4.78, 5) is 4.42. The van der Waals surface area contributed by atoms with E-state index in [2.05, 4.69) is 30.1 Å². The van der Waals surface area contributed by atoms with Crippen LogP contribution in [0.3, 0.4) is 0 Å². The van der Waals surface area contributed by atoms with Crippen LogP contribution in [-0.2, 0) is 12.8 Å². The minimum absolute atomic E-state index is 0.652. The summed E-state index contributed by atoms with van der Waals surface area (Å²) < 4.78 is 0. The lowest BCUT2D eigenvalue weighted by Gasteiger charge is -2.29. The highest BCUT2D eigenvalue weighted by Crippen LogP contribution is 2.27. The second kappa shape index (κ2) is 6.93. The van der Waals surface area contributed by atoms with E-state index in [9.17, 15) is 5.11 Å². The van der Waals surface area contributed by atoms with E-state index in [-0.39, 0.29) is 0 Å². The zero-order valence-electron chi connectivity index (χ0n) is 13.6. The molecule has 0 bridgehead atoms. The summed E-state index contributed by atoms with van der Waals surface area (Å²) in [5.41, 5.74) is 2.62. The number of hydrogen-bond acceptors (Lipinski definition) is 2. The Bertz CT molecular complexity index is 764. The average molecular weight is 305 g/mol. The van der Waals surface area contributed by atoms with Gasteiger partial charge in [0.25, 0.3) is 0 Å². The molecule has 0 saturated carbocycles. The quantitative estimate of drug-likeness (QED) is 0.724. The number of para-hydroxylation sites is 1. The van der Waals surface area contributed by atoms with Gasteiger partial charge in [-0.3, -0.25) is 4.98 Å². The summed E-state index contributed by atoms with van der Waals surface area (Å²) in [6.45, 7) is 2.13. The van der Waals surface area contributed by atoms with Gasteiger partial charge in [-0.25, -0.2) is 0 Å². The fraction of sp³-hybridized carbons (Fsp3) is 0.286. The maximum atomic E-state index is 11.3. The predicted octanol–water partition coefficient (Wildman–Crippen LogP) is 4.55. The van der Waals surface area contributed by atoms with E-state index < -0.39 is 5.60 Å². The van der Waals surface area contributed by atoms with Crippen molar-refractivity contribution in [1.82, 2.24) is 4.98 Å². The molecule has 2 aromatic carbocycles. The fourth-order valence-corrected chi connectivity index (χ4v) is 3.34. The summed E-state index contributed by atoms with van der Waals surface area (Å²) in [7, 11) is 0. The molecule has 0 aliphatic heterocycles. The van der Waals surface area contributed by atoms with Crippen molar-refractivity contribution in [2.45, 2.75) is 38.2 Å². The summed E-state index contributed by atoms with van der Waals surface area (Å²) in [6, 6.07) is 20.4. The number of pyridine rings is 1. The summed E-state index contributed by atoms with van der Waals surface area (Å²) >= 11 is 0. The SMILES string of the molecule is CCCC(O)(Cc1ccccc1)Cc1ccnc2ccccc12. The van der Waals surface area contributed by atoms with Crippen molar-refractivity contribution < 1.29 is 5.11 Å². The first-order valence-corrected chi connectivity index (χ1v) is 8.29. The van der Waals surface area contributed by atoms with Crippen LogP contribution in [0.5, 0.6) is 0 Å². The van der Waals surface area contributed by atoms with Crippen molar-refractivity contribution in [3.63, 3.8) is 0 Å². The van der Waals surface area contributed by atoms with Gasteiger partial charge in [0.2, 0.25) is 0 Å². The smallest absolute Gasteiger partial charge is 0.0728 e. The molecular weight excluding hydrogens is 282 g/mol. The van der Waals surface area contributed by atoms with Gasteiger partial charge >= 0.3 is 0 Å². The van der Waals surface area contributed by atoms with Gasteiger partial charge in [0.1, 0.15) is 0 Å². The highest BCUT2D eigenvalue weighted by atomic mass is 16.3. The van der Waals surface area contributed by atoms with Gasteiger partial charge in [0.15, 0.2) is 0 Å². The number of aromatic nitrogens is 1. The van der Waals surface area contributed by atoms with E-state index in [1.807, 2.05) is 48.7 Å². The van der Waals surface area contributed by atoms with Crippen LogP contribution >= 0.6 is 0 Å². The third kappa shape index (κ3) is 3.77. The monoisotopic (exact) mass is 305 g/mol. The predicted molar refractivity (Wildman–Crippen MR) is 95.5 cm³/mol. The first-order chi connectivity index (χ1) is 11.2. The van der Waals surface area contributed by atoms with Crippen LogP contribution < -0.4 is 0 Å². The Hall–Kier alpha value is -2.19. The second-order valence-corrected chi connectivity index (χ2v) is 6.30. The Labute approximate surface area is 137 Å². The van der Waals surface area contributed by atoms with Gasteiger partial charge < -0.3 is 5.11 Å². The second-order valence-electron chi connectivity index (χ2n) is 6.30. The lowest BCUT2D eigenvalue weighted by atomic mass is 9.84. The maximum absolute atomic E-state index is 11.3. The minimum atomic E-state index is -0.722. The fourth-order valence-electron chi connectivity index (χ4n) is 3.34. The average Bonchev–Trinajstić information content (AvgIpc) is 2.56. The molecule has 1 aromatic heterocycles. The first kappa shape index (κ1) is 15.7. The molecule has 0 saturated heterocycles. The Morgan fingerprint density at radius 3 is 2.43 bits per heavy atom. The third-order valence-corrected chi connectivity index (χ3v) is 4.35. The van der Waals surface area contributed by atoms with Gasteiger partial charge in [0.05, 0.1) is 11.1 Å². The molecule has 3 rings (SSSR count). The summed E-state index contributed by atoms with van der Waals surface area (Å²) in [5.74, 6) is 0. The first-order valence-electron chi connectivity index (χ1n) is 8.29. The summed E-state index contributed by atoms with van der Waals surface area (Å²) in [5, 5.41) is 12.4. The molecule has 0 aliphatic rings. The summed E-state index contributed by atoms with van der Waals surface area (Å²) in [6.07, 6.45) is 4.93. The molecule has 0 aliphatic carbocycles. The molecule has 0 spiro atoms. The molecule has 23 heavy (non-hydrogen) atoms. The van der Waals surface area contributed by atoms with Crippen molar-refractivity contribution in [3.8, 4) is 0 Å². The Morgan fingerprint density at radius 2 is 1.65 bits per heavy atom. The van der Waals surface area contributed by atoms with Gasteiger partial charge in [0, 0.05) is 24.4 Å². The third-order valence-electron chi connectivity index (χ3n) is 4.35. The Kier molecular flexibility index (Phi) is 4.73. The number of rotatable bonds is 6. The van der Waals surface area contributed by atoms with Gasteiger partial charge in [-0.2, -0.15) is 0 Å².